The number of halogens is 4. The van der Waals surface area contributed by atoms with Crippen LogP contribution >= 0.6 is 0 Å². The molecule has 2 heterocycles. The summed E-state index contributed by atoms with van der Waals surface area (Å²) in [4.78, 5) is 14.1. The van der Waals surface area contributed by atoms with E-state index in [1.165, 1.54) is 41.2 Å². The van der Waals surface area contributed by atoms with Gasteiger partial charge in [-0.15, -0.1) is 0 Å². The number of aromatic amines is 1. The standard InChI is InChI=1S/C19H11F4N3O/c20-15-3-1-2-14-17(11-8-9-24-16(27)10-11)25-26(18(14)15)13-6-4-12(5-7-13)19(21,22)23/h1-10H,(H,24,27). The van der Waals surface area contributed by atoms with Gasteiger partial charge in [-0.25, -0.2) is 9.07 Å². The van der Waals surface area contributed by atoms with Gasteiger partial charge in [0, 0.05) is 23.2 Å². The Balaban J connectivity index is 1.95. The van der Waals surface area contributed by atoms with Crippen molar-refractivity contribution in [3.63, 3.8) is 0 Å². The van der Waals surface area contributed by atoms with E-state index in [2.05, 4.69) is 10.1 Å². The van der Waals surface area contributed by atoms with Gasteiger partial charge in [-0.3, -0.25) is 4.79 Å². The summed E-state index contributed by atoms with van der Waals surface area (Å²) in [5, 5.41) is 4.81. The average Bonchev–Trinajstić information content (AvgIpc) is 3.02. The summed E-state index contributed by atoms with van der Waals surface area (Å²) in [5.41, 5.74) is 0.0661. The monoisotopic (exact) mass is 373 g/mol. The minimum absolute atomic E-state index is 0.118. The topological polar surface area (TPSA) is 50.7 Å². The lowest BCUT2D eigenvalue weighted by molar-refractivity contribution is -0.137. The van der Waals surface area contributed by atoms with Crippen LogP contribution in [0.15, 0.2) is 65.6 Å². The van der Waals surface area contributed by atoms with Gasteiger partial charge in [0.15, 0.2) is 0 Å². The van der Waals surface area contributed by atoms with E-state index in [0.29, 0.717) is 16.6 Å². The molecule has 0 radical (unpaired) electrons. The highest BCUT2D eigenvalue weighted by Gasteiger charge is 2.30. The Morgan fingerprint density at radius 2 is 1.74 bits per heavy atom. The van der Waals surface area contributed by atoms with Gasteiger partial charge in [0.1, 0.15) is 17.0 Å². The Bertz CT molecular complexity index is 1190. The molecule has 8 heteroatoms. The molecule has 0 aliphatic carbocycles. The molecule has 0 aliphatic rings. The highest BCUT2D eigenvalue weighted by molar-refractivity contribution is 5.94. The molecule has 1 N–H and O–H groups in total. The highest BCUT2D eigenvalue weighted by Crippen LogP contribution is 2.33. The van der Waals surface area contributed by atoms with E-state index in [1.807, 2.05) is 0 Å². The number of benzene rings is 2. The van der Waals surface area contributed by atoms with Gasteiger partial charge >= 0.3 is 6.18 Å². The fourth-order valence-corrected chi connectivity index (χ4v) is 2.91. The zero-order valence-corrected chi connectivity index (χ0v) is 13.6. The van der Waals surface area contributed by atoms with Crippen molar-refractivity contribution in [2.75, 3.05) is 0 Å². The Kier molecular flexibility index (Phi) is 3.83. The molecule has 27 heavy (non-hydrogen) atoms. The van der Waals surface area contributed by atoms with E-state index in [4.69, 9.17) is 0 Å². The van der Waals surface area contributed by atoms with Crippen LogP contribution < -0.4 is 5.56 Å². The van der Waals surface area contributed by atoms with Gasteiger partial charge in [0.25, 0.3) is 0 Å². The maximum atomic E-state index is 14.5. The summed E-state index contributed by atoms with van der Waals surface area (Å²) in [6.45, 7) is 0. The predicted molar refractivity (Wildman–Crippen MR) is 92.1 cm³/mol. The normalized spacial score (nSPS) is 11.9. The second-order valence-electron chi connectivity index (χ2n) is 5.88. The number of para-hydroxylation sites is 1. The largest absolute Gasteiger partial charge is 0.416 e. The Labute approximate surface area is 149 Å². The first kappa shape index (κ1) is 17.0. The third kappa shape index (κ3) is 2.99. The maximum absolute atomic E-state index is 14.5. The van der Waals surface area contributed by atoms with Crippen LogP contribution in [0.25, 0.3) is 27.8 Å². The molecule has 4 rings (SSSR count). The van der Waals surface area contributed by atoms with Crippen molar-refractivity contribution in [2.24, 2.45) is 0 Å². The van der Waals surface area contributed by atoms with Gasteiger partial charge in [-0.1, -0.05) is 12.1 Å². The van der Waals surface area contributed by atoms with Crippen LogP contribution in [0.3, 0.4) is 0 Å². The first-order chi connectivity index (χ1) is 12.8. The SMILES string of the molecule is O=c1cc(-c2nn(-c3ccc(C(F)(F)F)cc3)c3c(F)cccc23)cc[nH]1. The zero-order chi connectivity index (χ0) is 19.2. The lowest BCUT2D eigenvalue weighted by atomic mass is 10.1. The second-order valence-corrected chi connectivity index (χ2v) is 5.88. The van der Waals surface area contributed by atoms with Crippen LogP contribution in [0, 0.1) is 5.82 Å². The van der Waals surface area contributed by atoms with E-state index in [9.17, 15) is 22.4 Å². The number of nitrogens with one attached hydrogen (secondary N) is 1. The number of hydrogen-bond donors (Lipinski definition) is 1. The number of rotatable bonds is 2. The molecule has 0 spiro atoms. The summed E-state index contributed by atoms with van der Waals surface area (Å²) in [5.74, 6) is -0.573. The van der Waals surface area contributed by atoms with Crippen molar-refractivity contribution < 1.29 is 17.6 Å². The molecule has 0 amide bonds. The molecule has 0 saturated carbocycles. The number of alkyl halides is 3. The maximum Gasteiger partial charge on any atom is 0.416 e. The van der Waals surface area contributed by atoms with Crippen LogP contribution in [-0.4, -0.2) is 14.8 Å². The number of pyridine rings is 1. The zero-order valence-electron chi connectivity index (χ0n) is 13.6. The fraction of sp³-hybridized carbons (Fsp3) is 0.0526. The smallest absolute Gasteiger partial charge is 0.329 e. The van der Waals surface area contributed by atoms with Crippen LogP contribution in [0.2, 0.25) is 0 Å². The minimum atomic E-state index is -4.47. The quantitative estimate of drug-likeness (QED) is 0.525. The molecule has 136 valence electrons. The molecular formula is C19H11F4N3O. The Morgan fingerprint density at radius 1 is 1.00 bits per heavy atom. The molecule has 2 aromatic carbocycles. The lowest BCUT2D eigenvalue weighted by Gasteiger charge is -2.08. The second kappa shape index (κ2) is 6.08. The van der Waals surface area contributed by atoms with Crippen molar-refractivity contribution >= 4 is 10.9 Å². The van der Waals surface area contributed by atoms with Crippen molar-refractivity contribution in [3.8, 4) is 16.9 Å². The molecule has 0 fully saturated rings. The van der Waals surface area contributed by atoms with E-state index in [-0.39, 0.29) is 16.8 Å². The van der Waals surface area contributed by atoms with Crippen LogP contribution in [-0.2, 0) is 6.18 Å². The third-order valence-electron chi connectivity index (χ3n) is 4.14. The van der Waals surface area contributed by atoms with Gasteiger partial charge in [-0.05, 0) is 36.4 Å². The van der Waals surface area contributed by atoms with E-state index >= 15 is 0 Å². The summed E-state index contributed by atoms with van der Waals surface area (Å²) in [6.07, 6.45) is -3.02. The fourth-order valence-electron chi connectivity index (χ4n) is 2.91. The molecular weight excluding hydrogens is 362 g/mol. The van der Waals surface area contributed by atoms with Gasteiger partial charge < -0.3 is 4.98 Å². The number of nitrogens with zero attached hydrogens (tertiary/aromatic N) is 2. The molecule has 0 bridgehead atoms. The van der Waals surface area contributed by atoms with E-state index in [1.54, 1.807) is 12.1 Å². The summed E-state index contributed by atoms with van der Waals surface area (Å²) < 4.78 is 54.1. The van der Waals surface area contributed by atoms with Crippen molar-refractivity contribution in [2.45, 2.75) is 6.18 Å². The van der Waals surface area contributed by atoms with Crippen LogP contribution in [0.5, 0.6) is 0 Å². The van der Waals surface area contributed by atoms with Crippen molar-refractivity contribution in [1.82, 2.24) is 14.8 Å². The summed E-state index contributed by atoms with van der Waals surface area (Å²) >= 11 is 0. The first-order valence-electron chi connectivity index (χ1n) is 7.88. The predicted octanol–water partition coefficient (Wildman–Crippen LogP) is 4.54. The van der Waals surface area contributed by atoms with Gasteiger partial charge in [0.05, 0.1) is 11.3 Å². The number of aromatic nitrogens is 3. The molecule has 0 saturated heterocycles. The number of H-pyrrole nitrogens is 1. The van der Waals surface area contributed by atoms with Crippen LogP contribution in [0.1, 0.15) is 5.56 Å². The van der Waals surface area contributed by atoms with Gasteiger partial charge in [0.2, 0.25) is 5.56 Å². The summed E-state index contributed by atoms with van der Waals surface area (Å²) in [6, 6.07) is 11.6. The highest BCUT2D eigenvalue weighted by atomic mass is 19.4. The molecule has 0 aliphatic heterocycles. The Hall–Kier alpha value is -3.42. The minimum Gasteiger partial charge on any atom is -0.329 e. The molecule has 4 aromatic rings. The van der Waals surface area contributed by atoms with Crippen molar-refractivity contribution in [3.05, 3.63) is 82.5 Å². The summed E-state index contributed by atoms with van der Waals surface area (Å²) in [7, 11) is 0. The van der Waals surface area contributed by atoms with Crippen molar-refractivity contribution in [1.29, 1.82) is 0 Å². The lowest BCUT2D eigenvalue weighted by Crippen LogP contribution is -2.05. The molecule has 0 atom stereocenters. The van der Waals surface area contributed by atoms with Crippen LogP contribution in [0.4, 0.5) is 17.6 Å². The molecule has 0 unspecified atom stereocenters. The molecule has 4 nitrogen and oxygen atoms in total. The number of hydrogen-bond acceptors (Lipinski definition) is 2. The van der Waals surface area contributed by atoms with E-state index < -0.39 is 17.6 Å². The Morgan fingerprint density at radius 3 is 2.41 bits per heavy atom. The molecule has 2 aromatic heterocycles. The first-order valence-corrected chi connectivity index (χ1v) is 7.88. The number of fused-ring (bicyclic) bond motifs is 1. The van der Waals surface area contributed by atoms with Gasteiger partial charge in [-0.2, -0.15) is 18.3 Å². The average molecular weight is 373 g/mol. The van der Waals surface area contributed by atoms with E-state index in [0.717, 1.165) is 12.1 Å². The third-order valence-corrected chi connectivity index (χ3v) is 4.14.